The molecule has 3 atom stereocenters. The molecule has 3 fully saturated rings. The summed E-state index contributed by atoms with van der Waals surface area (Å²) >= 11 is 1.79. The summed E-state index contributed by atoms with van der Waals surface area (Å²) < 4.78 is 25.9. The number of rotatable bonds is 6. The van der Waals surface area contributed by atoms with Crippen molar-refractivity contribution in [3.8, 4) is 0 Å². The van der Waals surface area contributed by atoms with Gasteiger partial charge in [-0.15, -0.1) is 0 Å². The van der Waals surface area contributed by atoms with Gasteiger partial charge in [-0.2, -0.15) is 11.8 Å². The second-order valence-corrected chi connectivity index (χ2v) is 10.1. The first-order valence-corrected chi connectivity index (χ1v) is 11.1. The summed E-state index contributed by atoms with van der Waals surface area (Å²) in [5.41, 5.74) is 0. The van der Waals surface area contributed by atoms with Gasteiger partial charge in [0.1, 0.15) is 0 Å². The number of amides is 1. The minimum Gasteiger partial charge on any atom is -0.355 e. The van der Waals surface area contributed by atoms with E-state index in [0.29, 0.717) is 25.4 Å². The first-order chi connectivity index (χ1) is 10.5. The van der Waals surface area contributed by atoms with Crippen molar-refractivity contribution in [2.45, 2.75) is 32.1 Å². The highest BCUT2D eigenvalue weighted by atomic mass is 32.2. The summed E-state index contributed by atoms with van der Waals surface area (Å²) in [6.45, 7) is 1.45. The van der Waals surface area contributed by atoms with Crippen molar-refractivity contribution in [2.24, 2.45) is 17.8 Å². The molecular formula is C15H26N2O3S2. The van der Waals surface area contributed by atoms with Gasteiger partial charge in [0, 0.05) is 37.6 Å². The molecule has 5 nitrogen and oxygen atoms in total. The molecule has 22 heavy (non-hydrogen) atoms. The van der Waals surface area contributed by atoms with Gasteiger partial charge in [0.15, 0.2) is 0 Å². The van der Waals surface area contributed by atoms with Crippen LogP contribution >= 0.6 is 11.8 Å². The normalized spacial score (nSPS) is 32.3. The molecule has 1 amide bonds. The average molecular weight is 347 g/mol. The van der Waals surface area contributed by atoms with Crippen LogP contribution in [0.3, 0.4) is 0 Å². The Bertz CT molecular complexity index is 503. The van der Waals surface area contributed by atoms with E-state index in [0.717, 1.165) is 23.3 Å². The molecular weight excluding hydrogens is 320 g/mol. The summed E-state index contributed by atoms with van der Waals surface area (Å²) in [7, 11) is -3.21. The molecule has 0 aromatic carbocycles. The first-order valence-electron chi connectivity index (χ1n) is 8.37. The Morgan fingerprint density at radius 3 is 2.59 bits per heavy atom. The molecule has 2 saturated carbocycles. The van der Waals surface area contributed by atoms with Crippen molar-refractivity contribution < 1.29 is 13.2 Å². The van der Waals surface area contributed by atoms with Crippen LogP contribution in [0.5, 0.6) is 0 Å². The summed E-state index contributed by atoms with van der Waals surface area (Å²) in [5, 5.41) is 2.81. The van der Waals surface area contributed by atoms with Crippen molar-refractivity contribution in [3.05, 3.63) is 0 Å². The molecule has 0 spiro atoms. The third kappa shape index (κ3) is 3.97. The number of sulfonamides is 1. The number of hydrogen-bond donors (Lipinski definition) is 1. The van der Waals surface area contributed by atoms with Gasteiger partial charge in [-0.25, -0.2) is 12.7 Å². The van der Waals surface area contributed by atoms with Crippen LogP contribution in [-0.2, 0) is 14.8 Å². The van der Waals surface area contributed by atoms with Gasteiger partial charge in [-0.1, -0.05) is 6.42 Å². The van der Waals surface area contributed by atoms with E-state index in [2.05, 4.69) is 5.32 Å². The monoisotopic (exact) mass is 346 g/mol. The van der Waals surface area contributed by atoms with Gasteiger partial charge in [0.05, 0.1) is 5.75 Å². The number of carbonyl (C=O) groups is 1. The SMILES string of the molecule is O=C(C[C@@H]1C[C@H]2CC[C@H]1C2)NCCS(=O)(=O)N1CCSCC1. The fraction of sp³-hybridized carbons (Fsp3) is 0.933. The molecule has 126 valence electrons. The summed E-state index contributed by atoms with van der Waals surface area (Å²) in [6, 6.07) is 0. The first kappa shape index (κ1) is 16.6. The lowest BCUT2D eigenvalue weighted by Crippen LogP contribution is -2.42. The zero-order valence-corrected chi connectivity index (χ0v) is 14.6. The molecule has 0 aromatic heterocycles. The van der Waals surface area contributed by atoms with Crippen molar-refractivity contribution in [1.82, 2.24) is 9.62 Å². The highest BCUT2D eigenvalue weighted by Gasteiger charge is 2.40. The molecule has 2 aliphatic carbocycles. The van der Waals surface area contributed by atoms with E-state index in [9.17, 15) is 13.2 Å². The molecule has 3 rings (SSSR count). The van der Waals surface area contributed by atoms with Crippen LogP contribution in [0.15, 0.2) is 0 Å². The minimum atomic E-state index is -3.21. The van der Waals surface area contributed by atoms with Crippen molar-refractivity contribution in [1.29, 1.82) is 0 Å². The van der Waals surface area contributed by atoms with E-state index >= 15 is 0 Å². The van der Waals surface area contributed by atoms with E-state index in [1.807, 2.05) is 0 Å². The number of thioether (sulfide) groups is 1. The van der Waals surface area contributed by atoms with Crippen LogP contribution in [0, 0.1) is 17.8 Å². The summed E-state index contributed by atoms with van der Waals surface area (Å²) in [6.07, 6.45) is 5.71. The van der Waals surface area contributed by atoms with Crippen molar-refractivity contribution in [3.63, 3.8) is 0 Å². The molecule has 1 saturated heterocycles. The number of fused-ring (bicyclic) bond motifs is 2. The Morgan fingerprint density at radius 2 is 1.95 bits per heavy atom. The average Bonchev–Trinajstić information content (AvgIpc) is 3.10. The van der Waals surface area contributed by atoms with Gasteiger partial charge in [-0.3, -0.25) is 4.79 Å². The van der Waals surface area contributed by atoms with Gasteiger partial charge < -0.3 is 5.32 Å². The second-order valence-electron chi connectivity index (χ2n) is 6.82. The maximum atomic E-state index is 12.2. The number of carbonyl (C=O) groups excluding carboxylic acids is 1. The van der Waals surface area contributed by atoms with Crippen molar-refractivity contribution in [2.75, 3.05) is 36.9 Å². The third-order valence-electron chi connectivity index (χ3n) is 5.38. The lowest BCUT2D eigenvalue weighted by Gasteiger charge is -2.25. The molecule has 3 aliphatic rings. The minimum absolute atomic E-state index is 0.0279. The Balaban J connectivity index is 1.38. The van der Waals surface area contributed by atoms with E-state index < -0.39 is 10.0 Å². The Hall–Kier alpha value is -0.270. The number of nitrogens with zero attached hydrogens (tertiary/aromatic N) is 1. The maximum Gasteiger partial charge on any atom is 0.220 e. The molecule has 0 radical (unpaired) electrons. The topological polar surface area (TPSA) is 66.5 Å². The number of nitrogens with one attached hydrogen (secondary N) is 1. The fourth-order valence-electron chi connectivity index (χ4n) is 4.21. The van der Waals surface area contributed by atoms with Crippen molar-refractivity contribution >= 4 is 27.7 Å². The largest absolute Gasteiger partial charge is 0.355 e. The summed E-state index contributed by atoms with van der Waals surface area (Å²) in [5.74, 6) is 3.92. The van der Waals surface area contributed by atoms with Gasteiger partial charge in [-0.05, 0) is 37.0 Å². The van der Waals surface area contributed by atoms with E-state index in [1.165, 1.54) is 25.7 Å². The predicted octanol–water partition coefficient (Wildman–Crippen LogP) is 1.31. The molecule has 7 heteroatoms. The van der Waals surface area contributed by atoms with Gasteiger partial charge >= 0.3 is 0 Å². The number of hydrogen-bond acceptors (Lipinski definition) is 4. The van der Waals surface area contributed by atoms with Crippen LogP contribution < -0.4 is 5.32 Å². The quantitative estimate of drug-likeness (QED) is 0.787. The maximum absolute atomic E-state index is 12.2. The van der Waals surface area contributed by atoms with Crippen LogP contribution in [0.1, 0.15) is 32.1 Å². The molecule has 2 bridgehead atoms. The Labute approximate surface area is 137 Å². The zero-order valence-electron chi connectivity index (χ0n) is 13.0. The lowest BCUT2D eigenvalue weighted by atomic mass is 9.86. The standard InChI is InChI=1S/C15H26N2O3S2/c18-15(11-14-10-12-1-2-13(14)9-12)16-3-8-22(19,20)17-4-6-21-7-5-17/h12-14H,1-11H2,(H,16,18)/t12-,13-,14-/m0/s1. The van der Waals surface area contributed by atoms with Crippen LogP contribution in [0.25, 0.3) is 0 Å². The molecule has 0 aromatic rings. The highest BCUT2D eigenvalue weighted by Crippen LogP contribution is 2.49. The molecule has 0 unspecified atom stereocenters. The van der Waals surface area contributed by atoms with Crippen LogP contribution in [-0.4, -0.2) is 55.5 Å². The van der Waals surface area contributed by atoms with Gasteiger partial charge in [0.25, 0.3) is 0 Å². The Kier molecular flexibility index (Phi) is 5.35. The van der Waals surface area contributed by atoms with Gasteiger partial charge in [0.2, 0.25) is 15.9 Å². The second kappa shape index (κ2) is 7.09. The lowest BCUT2D eigenvalue weighted by molar-refractivity contribution is -0.122. The third-order valence-corrected chi connectivity index (χ3v) is 8.19. The molecule has 1 aliphatic heterocycles. The smallest absolute Gasteiger partial charge is 0.220 e. The Morgan fingerprint density at radius 1 is 1.18 bits per heavy atom. The van der Waals surface area contributed by atoms with E-state index in [4.69, 9.17) is 0 Å². The molecule has 1 N–H and O–H groups in total. The highest BCUT2D eigenvalue weighted by molar-refractivity contribution is 7.99. The molecule has 1 heterocycles. The van der Waals surface area contributed by atoms with Crippen LogP contribution in [0.4, 0.5) is 0 Å². The predicted molar refractivity (Wildman–Crippen MR) is 89.2 cm³/mol. The van der Waals surface area contributed by atoms with E-state index in [-0.39, 0.29) is 18.2 Å². The fourth-order valence-corrected chi connectivity index (χ4v) is 6.70. The van der Waals surface area contributed by atoms with Crippen LogP contribution in [0.2, 0.25) is 0 Å². The summed E-state index contributed by atoms with van der Waals surface area (Å²) in [4.78, 5) is 12.0. The zero-order chi connectivity index (χ0) is 15.6. The van der Waals surface area contributed by atoms with E-state index in [1.54, 1.807) is 16.1 Å².